The SMILES string of the molecule is CCNC(=NCC1(c2ccc3c(c2)OCCO3)CCCC1)N1CCOC(C2CCCO2)C1. The molecule has 1 aliphatic carbocycles. The van der Waals surface area contributed by atoms with Gasteiger partial charge in [-0.15, -0.1) is 0 Å². The molecule has 1 aromatic rings. The van der Waals surface area contributed by atoms with Gasteiger partial charge in [0, 0.05) is 31.7 Å². The molecule has 2 unspecified atom stereocenters. The van der Waals surface area contributed by atoms with Gasteiger partial charge in [0.25, 0.3) is 0 Å². The van der Waals surface area contributed by atoms with Crippen molar-refractivity contribution in [3.05, 3.63) is 23.8 Å². The number of fused-ring (bicyclic) bond motifs is 1. The van der Waals surface area contributed by atoms with Crippen LogP contribution in [0.3, 0.4) is 0 Å². The first kappa shape index (κ1) is 21.8. The van der Waals surface area contributed by atoms with E-state index in [-0.39, 0.29) is 17.6 Å². The lowest BCUT2D eigenvalue weighted by Crippen LogP contribution is -2.53. The number of benzene rings is 1. The van der Waals surface area contributed by atoms with Crippen LogP contribution in [0.5, 0.6) is 11.5 Å². The Bertz CT molecular complexity index is 802. The maximum atomic E-state index is 6.07. The van der Waals surface area contributed by atoms with Crippen LogP contribution in [0.1, 0.15) is 51.0 Å². The fraction of sp³-hybridized carbons (Fsp3) is 0.720. The van der Waals surface area contributed by atoms with Gasteiger partial charge in [0.15, 0.2) is 17.5 Å². The van der Waals surface area contributed by atoms with Crippen LogP contribution in [0.4, 0.5) is 0 Å². The molecule has 32 heavy (non-hydrogen) atoms. The molecule has 3 fully saturated rings. The molecule has 1 saturated carbocycles. The zero-order chi connectivity index (χ0) is 21.8. The lowest BCUT2D eigenvalue weighted by Gasteiger charge is -2.37. The predicted molar refractivity (Wildman–Crippen MR) is 124 cm³/mol. The van der Waals surface area contributed by atoms with Crippen LogP contribution in [0, 0.1) is 0 Å². The maximum absolute atomic E-state index is 6.07. The van der Waals surface area contributed by atoms with E-state index >= 15 is 0 Å². The molecule has 7 nitrogen and oxygen atoms in total. The second-order valence-corrected chi connectivity index (χ2v) is 9.42. The van der Waals surface area contributed by atoms with E-state index in [1.54, 1.807) is 0 Å². The zero-order valence-corrected chi connectivity index (χ0v) is 19.3. The van der Waals surface area contributed by atoms with Crippen molar-refractivity contribution in [3.63, 3.8) is 0 Å². The summed E-state index contributed by atoms with van der Waals surface area (Å²) < 4.78 is 23.6. The summed E-state index contributed by atoms with van der Waals surface area (Å²) in [7, 11) is 0. The van der Waals surface area contributed by atoms with Crippen molar-refractivity contribution >= 4 is 5.96 Å². The van der Waals surface area contributed by atoms with Crippen LogP contribution in [0.2, 0.25) is 0 Å². The highest BCUT2D eigenvalue weighted by Gasteiger charge is 2.37. The minimum Gasteiger partial charge on any atom is -0.486 e. The van der Waals surface area contributed by atoms with Gasteiger partial charge in [0.1, 0.15) is 19.3 Å². The topological polar surface area (TPSA) is 64.6 Å². The molecule has 0 spiro atoms. The van der Waals surface area contributed by atoms with Crippen molar-refractivity contribution in [2.75, 3.05) is 52.6 Å². The van der Waals surface area contributed by atoms with Crippen LogP contribution < -0.4 is 14.8 Å². The minimum atomic E-state index is 0.0662. The average Bonchev–Trinajstić information content (AvgIpc) is 3.55. The van der Waals surface area contributed by atoms with Gasteiger partial charge in [-0.3, -0.25) is 4.99 Å². The molecular formula is C25H37N3O4. The largest absolute Gasteiger partial charge is 0.486 e. The van der Waals surface area contributed by atoms with E-state index in [0.717, 1.165) is 82.5 Å². The van der Waals surface area contributed by atoms with E-state index in [1.807, 2.05) is 0 Å². The van der Waals surface area contributed by atoms with Gasteiger partial charge in [-0.1, -0.05) is 18.9 Å². The van der Waals surface area contributed by atoms with Gasteiger partial charge in [0.05, 0.1) is 19.3 Å². The van der Waals surface area contributed by atoms with Gasteiger partial charge in [0.2, 0.25) is 0 Å². The number of morpholine rings is 1. The van der Waals surface area contributed by atoms with Crippen molar-refractivity contribution < 1.29 is 18.9 Å². The van der Waals surface area contributed by atoms with E-state index in [0.29, 0.717) is 13.2 Å². The highest BCUT2D eigenvalue weighted by Crippen LogP contribution is 2.44. The van der Waals surface area contributed by atoms with Crippen molar-refractivity contribution in [1.29, 1.82) is 0 Å². The number of ether oxygens (including phenoxy) is 4. The van der Waals surface area contributed by atoms with Crippen molar-refractivity contribution in [2.45, 2.75) is 63.1 Å². The van der Waals surface area contributed by atoms with Crippen LogP contribution in [-0.4, -0.2) is 75.7 Å². The van der Waals surface area contributed by atoms with Crippen LogP contribution >= 0.6 is 0 Å². The number of nitrogens with zero attached hydrogens (tertiary/aromatic N) is 2. The molecule has 0 amide bonds. The first-order valence-corrected chi connectivity index (χ1v) is 12.4. The molecule has 1 N–H and O–H groups in total. The van der Waals surface area contributed by atoms with Gasteiger partial charge in [-0.05, 0) is 50.3 Å². The Kier molecular flexibility index (Phi) is 6.74. The summed E-state index contributed by atoms with van der Waals surface area (Å²) in [5.74, 6) is 2.74. The highest BCUT2D eigenvalue weighted by molar-refractivity contribution is 5.80. The van der Waals surface area contributed by atoms with E-state index in [2.05, 4.69) is 35.3 Å². The normalized spacial score (nSPS) is 27.5. The Morgan fingerprint density at radius 3 is 2.62 bits per heavy atom. The lowest BCUT2D eigenvalue weighted by molar-refractivity contribution is -0.0817. The Balaban J connectivity index is 1.34. The van der Waals surface area contributed by atoms with Crippen LogP contribution in [0.15, 0.2) is 23.2 Å². The van der Waals surface area contributed by atoms with Crippen molar-refractivity contribution in [2.24, 2.45) is 4.99 Å². The zero-order valence-electron chi connectivity index (χ0n) is 19.3. The molecule has 4 aliphatic rings. The van der Waals surface area contributed by atoms with E-state index < -0.39 is 0 Å². The third-order valence-electron chi connectivity index (χ3n) is 7.35. The molecule has 176 valence electrons. The molecule has 0 aromatic heterocycles. The number of aliphatic imine (C=N–C) groups is 1. The molecule has 7 heteroatoms. The van der Waals surface area contributed by atoms with Gasteiger partial charge in [-0.2, -0.15) is 0 Å². The second kappa shape index (κ2) is 9.87. The molecule has 1 aromatic carbocycles. The number of rotatable bonds is 5. The molecule has 3 heterocycles. The van der Waals surface area contributed by atoms with E-state index in [9.17, 15) is 0 Å². The standard InChI is InChI=1S/C25H37N3O4/c1-2-26-24(28-11-13-30-23(17-28)20-6-5-12-29-20)27-18-25(9-3-4-10-25)19-7-8-21-22(16-19)32-15-14-31-21/h7-8,16,20,23H,2-6,9-15,17-18H2,1H3,(H,26,27). The fourth-order valence-corrected chi connectivity index (χ4v) is 5.60. The Morgan fingerprint density at radius 2 is 1.84 bits per heavy atom. The van der Waals surface area contributed by atoms with Crippen LogP contribution in [-0.2, 0) is 14.9 Å². The summed E-state index contributed by atoms with van der Waals surface area (Å²) in [5, 5.41) is 3.54. The summed E-state index contributed by atoms with van der Waals surface area (Å²) in [6.07, 6.45) is 7.41. The molecule has 2 atom stereocenters. The van der Waals surface area contributed by atoms with Crippen molar-refractivity contribution in [1.82, 2.24) is 10.2 Å². The maximum Gasteiger partial charge on any atom is 0.194 e. The fourth-order valence-electron chi connectivity index (χ4n) is 5.60. The van der Waals surface area contributed by atoms with Gasteiger partial charge < -0.3 is 29.2 Å². The number of guanidine groups is 1. The molecule has 2 saturated heterocycles. The molecular weight excluding hydrogens is 406 g/mol. The quantitative estimate of drug-likeness (QED) is 0.557. The summed E-state index contributed by atoms with van der Waals surface area (Å²) in [4.78, 5) is 7.57. The van der Waals surface area contributed by atoms with Gasteiger partial charge in [-0.25, -0.2) is 0 Å². The smallest absolute Gasteiger partial charge is 0.194 e. The summed E-state index contributed by atoms with van der Waals surface area (Å²) >= 11 is 0. The average molecular weight is 444 g/mol. The summed E-state index contributed by atoms with van der Waals surface area (Å²) in [6, 6.07) is 6.50. The number of hydrogen-bond donors (Lipinski definition) is 1. The Morgan fingerprint density at radius 1 is 1.03 bits per heavy atom. The molecule has 5 rings (SSSR count). The lowest BCUT2D eigenvalue weighted by atomic mass is 9.79. The second-order valence-electron chi connectivity index (χ2n) is 9.42. The van der Waals surface area contributed by atoms with E-state index in [4.69, 9.17) is 23.9 Å². The predicted octanol–water partition coefficient (Wildman–Crippen LogP) is 3.11. The Hall–Kier alpha value is -1.99. The van der Waals surface area contributed by atoms with Crippen molar-refractivity contribution in [3.8, 4) is 11.5 Å². The third-order valence-corrected chi connectivity index (χ3v) is 7.35. The third kappa shape index (κ3) is 4.55. The van der Waals surface area contributed by atoms with Gasteiger partial charge >= 0.3 is 0 Å². The number of hydrogen-bond acceptors (Lipinski definition) is 5. The molecule has 0 bridgehead atoms. The minimum absolute atomic E-state index is 0.0662. The summed E-state index contributed by atoms with van der Waals surface area (Å²) in [6.45, 7) is 8.32. The number of nitrogens with one attached hydrogen (secondary N) is 1. The molecule has 3 aliphatic heterocycles. The van der Waals surface area contributed by atoms with Crippen LogP contribution in [0.25, 0.3) is 0 Å². The first-order valence-electron chi connectivity index (χ1n) is 12.4. The highest BCUT2D eigenvalue weighted by atomic mass is 16.6. The first-order chi connectivity index (χ1) is 15.8. The summed E-state index contributed by atoms with van der Waals surface area (Å²) in [5.41, 5.74) is 1.40. The monoisotopic (exact) mass is 443 g/mol. The Labute approximate surface area is 191 Å². The molecule has 0 radical (unpaired) electrons. The van der Waals surface area contributed by atoms with E-state index in [1.165, 1.54) is 18.4 Å².